The second kappa shape index (κ2) is 3.56. The molecule has 0 heterocycles. The van der Waals surface area contributed by atoms with Gasteiger partial charge in [-0.15, -0.1) is 11.7 Å². The van der Waals surface area contributed by atoms with Crippen LogP contribution < -0.4 is 0 Å². The molecular weight excluding hydrogens is 184 g/mol. The molecule has 0 N–H and O–H groups in total. The highest BCUT2D eigenvalue weighted by Gasteiger charge is 2.00. The van der Waals surface area contributed by atoms with Crippen LogP contribution in [0, 0.1) is 6.92 Å². The van der Waals surface area contributed by atoms with Gasteiger partial charge in [0.1, 0.15) is 0 Å². The molecule has 1 aromatic rings. The highest BCUT2D eigenvalue weighted by atomic mass is 35.5. The predicted octanol–water partition coefficient (Wildman–Crippen LogP) is 3.59. The molecule has 0 aliphatic carbocycles. The smallest absolute Gasteiger partial charge is 0.0553 e. The van der Waals surface area contributed by atoms with E-state index in [1.54, 1.807) is 0 Å². The van der Waals surface area contributed by atoms with E-state index in [-0.39, 0.29) is 0 Å². The Morgan fingerprint density at radius 1 is 1.50 bits per heavy atom. The van der Waals surface area contributed by atoms with Crippen molar-refractivity contribution in [3.63, 3.8) is 0 Å². The van der Waals surface area contributed by atoms with Crippen LogP contribution in [0.2, 0.25) is 5.02 Å². The van der Waals surface area contributed by atoms with E-state index >= 15 is 0 Å². The number of thiol groups is 1. The lowest BCUT2D eigenvalue weighted by Crippen LogP contribution is -1.76. The summed E-state index contributed by atoms with van der Waals surface area (Å²) in [4.78, 5) is 1.05. The zero-order valence-corrected chi connectivity index (χ0v) is 7.93. The molecule has 10 heavy (non-hydrogen) atoms. The lowest BCUT2D eigenvalue weighted by molar-refractivity contribution is 1.31. The first-order valence-electron chi connectivity index (χ1n) is 2.82. The Morgan fingerprint density at radius 3 is 2.60 bits per heavy atom. The molecule has 0 spiro atoms. The normalized spacial score (nSPS) is 9.90. The minimum absolute atomic E-state index is 0.778. The van der Waals surface area contributed by atoms with Crippen molar-refractivity contribution in [2.45, 2.75) is 11.8 Å². The van der Waals surface area contributed by atoms with Crippen LogP contribution in [0.3, 0.4) is 0 Å². The third kappa shape index (κ3) is 1.62. The molecule has 54 valence electrons. The number of aryl methyl sites for hydroxylation is 1. The van der Waals surface area contributed by atoms with Crippen molar-refractivity contribution >= 4 is 34.1 Å². The summed E-state index contributed by atoms with van der Waals surface area (Å²) in [5, 5.41) is 0.778. The van der Waals surface area contributed by atoms with E-state index in [9.17, 15) is 0 Å². The third-order valence-corrected chi connectivity index (χ3v) is 2.95. The van der Waals surface area contributed by atoms with Crippen LogP contribution in [0.1, 0.15) is 5.56 Å². The van der Waals surface area contributed by atoms with Crippen molar-refractivity contribution in [1.82, 2.24) is 0 Å². The summed E-state index contributed by atoms with van der Waals surface area (Å²) in [5.41, 5.74) is 1.17. The van der Waals surface area contributed by atoms with Gasteiger partial charge in [-0.25, -0.2) is 0 Å². The Hall–Kier alpha value is 0.210. The van der Waals surface area contributed by atoms with E-state index in [1.165, 1.54) is 16.4 Å². The molecule has 0 aliphatic rings. The highest BCUT2D eigenvalue weighted by molar-refractivity contribution is 8.68. The van der Waals surface area contributed by atoms with Crippen molar-refractivity contribution in [2.24, 2.45) is 0 Å². The monoisotopic (exact) mass is 190 g/mol. The molecule has 0 atom stereocenters. The van der Waals surface area contributed by atoms with Crippen molar-refractivity contribution in [1.29, 1.82) is 0 Å². The first-order chi connectivity index (χ1) is 4.75. The van der Waals surface area contributed by atoms with Gasteiger partial charge in [0.15, 0.2) is 0 Å². The standard InChI is InChI=1S/C7H7ClS2/c1-5-3-2-4-6(8)7(5)10-9/h2-4,9H,1H3. The number of hydrogen-bond donors (Lipinski definition) is 1. The molecule has 0 aliphatic heterocycles. The number of halogens is 1. The highest BCUT2D eigenvalue weighted by Crippen LogP contribution is 2.31. The van der Waals surface area contributed by atoms with Crippen LogP contribution in [-0.2, 0) is 0 Å². The number of rotatable bonds is 1. The largest absolute Gasteiger partial charge is 0.106 e. The van der Waals surface area contributed by atoms with Crippen LogP contribution in [0.4, 0.5) is 0 Å². The average Bonchev–Trinajstić information content (AvgIpc) is 1.88. The van der Waals surface area contributed by atoms with E-state index < -0.39 is 0 Å². The van der Waals surface area contributed by atoms with Gasteiger partial charge in [-0.1, -0.05) is 34.5 Å². The van der Waals surface area contributed by atoms with Crippen molar-refractivity contribution in [2.75, 3.05) is 0 Å². The van der Waals surface area contributed by atoms with Crippen LogP contribution in [0.25, 0.3) is 0 Å². The van der Waals surface area contributed by atoms with E-state index in [2.05, 4.69) is 11.7 Å². The molecule has 0 radical (unpaired) electrons. The molecule has 0 aromatic heterocycles. The van der Waals surface area contributed by atoms with Crippen LogP contribution in [-0.4, -0.2) is 0 Å². The van der Waals surface area contributed by atoms with E-state index in [4.69, 9.17) is 11.6 Å². The van der Waals surface area contributed by atoms with Gasteiger partial charge in [0.25, 0.3) is 0 Å². The second-order valence-corrected chi connectivity index (χ2v) is 3.52. The lowest BCUT2D eigenvalue weighted by Gasteiger charge is -2.01. The Balaban J connectivity index is 3.17. The zero-order valence-electron chi connectivity index (χ0n) is 5.47. The Bertz CT molecular complexity index is 215. The quantitative estimate of drug-likeness (QED) is 0.522. The van der Waals surface area contributed by atoms with E-state index in [0.29, 0.717) is 0 Å². The van der Waals surface area contributed by atoms with Crippen molar-refractivity contribution in [3.8, 4) is 0 Å². The maximum absolute atomic E-state index is 5.86. The first kappa shape index (κ1) is 8.31. The van der Waals surface area contributed by atoms with Gasteiger partial charge in [0.2, 0.25) is 0 Å². The lowest BCUT2D eigenvalue weighted by atomic mass is 10.2. The molecule has 0 saturated carbocycles. The molecule has 0 unspecified atom stereocenters. The third-order valence-electron chi connectivity index (χ3n) is 1.26. The van der Waals surface area contributed by atoms with E-state index in [1.807, 2.05) is 25.1 Å². The molecule has 1 rings (SSSR count). The zero-order chi connectivity index (χ0) is 7.56. The molecule has 1 aromatic carbocycles. The molecule has 0 nitrogen and oxygen atoms in total. The van der Waals surface area contributed by atoms with Crippen LogP contribution in [0.5, 0.6) is 0 Å². The second-order valence-electron chi connectivity index (χ2n) is 1.98. The number of benzene rings is 1. The van der Waals surface area contributed by atoms with Gasteiger partial charge in [-0.2, -0.15) is 0 Å². The summed E-state index contributed by atoms with van der Waals surface area (Å²) >= 11 is 9.94. The average molecular weight is 191 g/mol. The SMILES string of the molecule is Cc1cccc(Cl)c1SS. The fourth-order valence-electron chi connectivity index (χ4n) is 0.732. The van der Waals surface area contributed by atoms with Gasteiger partial charge in [-0.3, -0.25) is 0 Å². The topological polar surface area (TPSA) is 0 Å². The van der Waals surface area contributed by atoms with Crippen molar-refractivity contribution < 1.29 is 0 Å². The maximum Gasteiger partial charge on any atom is 0.0553 e. The predicted molar refractivity (Wildman–Crippen MR) is 51.0 cm³/mol. The summed E-state index contributed by atoms with van der Waals surface area (Å²) in [7, 11) is 1.38. The molecule has 0 bridgehead atoms. The van der Waals surface area contributed by atoms with Gasteiger partial charge in [0.05, 0.1) is 5.02 Å². The summed E-state index contributed by atoms with van der Waals surface area (Å²) in [6.45, 7) is 2.02. The van der Waals surface area contributed by atoms with Gasteiger partial charge >= 0.3 is 0 Å². The summed E-state index contributed by atoms with van der Waals surface area (Å²) in [6, 6.07) is 5.82. The van der Waals surface area contributed by atoms with Gasteiger partial charge in [0, 0.05) is 4.90 Å². The minimum Gasteiger partial charge on any atom is -0.106 e. The van der Waals surface area contributed by atoms with Crippen LogP contribution >= 0.6 is 34.1 Å². The summed E-state index contributed by atoms with van der Waals surface area (Å²) < 4.78 is 0. The van der Waals surface area contributed by atoms with E-state index in [0.717, 1.165) is 9.92 Å². The summed E-state index contributed by atoms with van der Waals surface area (Å²) in [6.07, 6.45) is 0. The molecule has 0 saturated heterocycles. The molecule has 3 heteroatoms. The van der Waals surface area contributed by atoms with Crippen molar-refractivity contribution in [3.05, 3.63) is 28.8 Å². The molecule has 0 fully saturated rings. The fraction of sp³-hybridized carbons (Fsp3) is 0.143. The number of hydrogen-bond acceptors (Lipinski definition) is 2. The molecular formula is C7H7ClS2. The maximum atomic E-state index is 5.86. The first-order valence-corrected chi connectivity index (χ1v) is 5.07. The minimum atomic E-state index is 0.778. The molecule has 0 amide bonds. The van der Waals surface area contributed by atoms with Gasteiger partial charge < -0.3 is 0 Å². The Labute approximate surface area is 74.8 Å². The van der Waals surface area contributed by atoms with Crippen LogP contribution in [0.15, 0.2) is 23.1 Å². The Morgan fingerprint density at radius 2 is 2.20 bits per heavy atom. The summed E-state index contributed by atoms with van der Waals surface area (Å²) in [5.74, 6) is 0. The fourth-order valence-corrected chi connectivity index (χ4v) is 2.33. The Kier molecular flexibility index (Phi) is 2.96. The van der Waals surface area contributed by atoms with Gasteiger partial charge in [-0.05, 0) is 18.6 Å².